The number of allylic oxidation sites excluding steroid dienone is 2. The van der Waals surface area contributed by atoms with Crippen molar-refractivity contribution in [3.63, 3.8) is 0 Å². The Labute approximate surface area is 48.6 Å². The van der Waals surface area contributed by atoms with Gasteiger partial charge in [-0.05, 0) is 12.2 Å². The molecule has 0 saturated carbocycles. The van der Waals surface area contributed by atoms with Gasteiger partial charge in [0.25, 0.3) is 0 Å². The molecular weight excluding hydrogens is 102 g/mol. The third-order valence-electron chi connectivity index (χ3n) is 1.02. The Hall–Kier alpha value is -0.960. The molecule has 0 unspecified atom stereocenters. The third kappa shape index (κ3) is 0.816. The minimum absolute atomic E-state index is 1.50. The predicted octanol–water partition coefficient (Wildman–Crippen LogP) is 0.0499. The predicted molar refractivity (Wildman–Crippen MR) is 32.1 cm³/mol. The van der Waals surface area contributed by atoms with Crippen LogP contribution in [0.15, 0.2) is 24.6 Å². The van der Waals surface area contributed by atoms with Gasteiger partial charge in [0.05, 0.1) is 0 Å². The zero-order valence-electron chi connectivity index (χ0n) is 4.78. The number of nitrogens with zero attached hydrogens (tertiary/aromatic N) is 2. The van der Waals surface area contributed by atoms with E-state index in [1.54, 1.807) is 11.2 Å². The first-order chi connectivity index (χ1) is 3.80. The fraction of sp³-hybridized carbons (Fsp3) is 0.200. The van der Waals surface area contributed by atoms with Crippen LogP contribution in [0, 0.1) is 0 Å². The Kier molecular flexibility index (Phi) is 1.22. The maximum Gasteiger partial charge on any atom is 0.0395 e. The second-order valence-corrected chi connectivity index (χ2v) is 1.64. The molecular formula is C5H9N3. The van der Waals surface area contributed by atoms with Crippen LogP contribution in [0.3, 0.4) is 0 Å². The van der Waals surface area contributed by atoms with E-state index in [-0.39, 0.29) is 0 Å². The average molecular weight is 111 g/mol. The van der Waals surface area contributed by atoms with Crippen molar-refractivity contribution in [1.29, 1.82) is 0 Å². The molecule has 1 heterocycles. The van der Waals surface area contributed by atoms with Gasteiger partial charge in [0.15, 0.2) is 0 Å². The molecule has 1 aliphatic rings. The average Bonchev–Trinajstić information content (AvgIpc) is 1.77. The molecule has 0 aromatic rings. The van der Waals surface area contributed by atoms with Gasteiger partial charge in [-0.2, -0.15) is 0 Å². The van der Waals surface area contributed by atoms with Crippen molar-refractivity contribution >= 4 is 0 Å². The number of hydrogen-bond donors (Lipinski definition) is 1. The molecule has 0 fully saturated rings. The molecule has 3 heteroatoms. The van der Waals surface area contributed by atoms with Gasteiger partial charge >= 0.3 is 0 Å². The van der Waals surface area contributed by atoms with Gasteiger partial charge in [-0.25, -0.2) is 11.0 Å². The summed E-state index contributed by atoms with van der Waals surface area (Å²) in [5.74, 6) is 5.40. The molecule has 0 amide bonds. The molecule has 1 aliphatic heterocycles. The van der Waals surface area contributed by atoms with E-state index in [4.69, 9.17) is 5.84 Å². The smallest absolute Gasteiger partial charge is 0.0395 e. The van der Waals surface area contributed by atoms with Crippen LogP contribution >= 0.6 is 0 Å². The maximum atomic E-state index is 5.40. The molecule has 8 heavy (non-hydrogen) atoms. The molecule has 0 aromatic heterocycles. The first kappa shape index (κ1) is 5.18. The summed E-state index contributed by atoms with van der Waals surface area (Å²) in [7, 11) is 1.88. The second kappa shape index (κ2) is 1.88. The monoisotopic (exact) mass is 111 g/mol. The van der Waals surface area contributed by atoms with Crippen molar-refractivity contribution < 1.29 is 0 Å². The summed E-state index contributed by atoms with van der Waals surface area (Å²) in [5, 5.41) is 3.28. The van der Waals surface area contributed by atoms with Gasteiger partial charge in [-0.1, -0.05) is 0 Å². The van der Waals surface area contributed by atoms with Crippen LogP contribution in [-0.2, 0) is 0 Å². The fourth-order valence-corrected chi connectivity index (χ4v) is 0.494. The molecule has 3 nitrogen and oxygen atoms in total. The van der Waals surface area contributed by atoms with E-state index in [2.05, 4.69) is 0 Å². The van der Waals surface area contributed by atoms with Crippen molar-refractivity contribution in [3.05, 3.63) is 24.6 Å². The second-order valence-electron chi connectivity index (χ2n) is 1.64. The van der Waals surface area contributed by atoms with E-state index in [0.29, 0.717) is 0 Å². The lowest BCUT2D eigenvalue weighted by atomic mass is 10.5. The van der Waals surface area contributed by atoms with Crippen LogP contribution in [0.4, 0.5) is 0 Å². The highest BCUT2D eigenvalue weighted by atomic mass is 15.7. The molecule has 1 rings (SSSR count). The van der Waals surface area contributed by atoms with Crippen molar-refractivity contribution in [1.82, 2.24) is 10.1 Å². The van der Waals surface area contributed by atoms with Crippen LogP contribution in [0.5, 0.6) is 0 Å². The fourth-order valence-electron chi connectivity index (χ4n) is 0.494. The number of hydrazine groups is 2. The van der Waals surface area contributed by atoms with Crippen LogP contribution in [0.25, 0.3) is 0 Å². The summed E-state index contributed by atoms with van der Waals surface area (Å²) in [5.41, 5.74) is 0. The van der Waals surface area contributed by atoms with Crippen molar-refractivity contribution in [2.45, 2.75) is 0 Å². The van der Waals surface area contributed by atoms with Crippen LogP contribution in [-0.4, -0.2) is 17.2 Å². The molecule has 0 saturated heterocycles. The highest BCUT2D eigenvalue weighted by Crippen LogP contribution is 1.95. The van der Waals surface area contributed by atoms with Gasteiger partial charge in [0.1, 0.15) is 0 Å². The summed E-state index contributed by atoms with van der Waals surface area (Å²) in [6.45, 7) is 0. The zero-order chi connectivity index (χ0) is 5.98. The molecule has 0 aromatic carbocycles. The van der Waals surface area contributed by atoms with Gasteiger partial charge in [0, 0.05) is 19.4 Å². The Morgan fingerprint density at radius 1 is 1.25 bits per heavy atom. The summed E-state index contributed by atoms with van der Waals surface area (Å²) < 4.78 is 0. The van der Waals surface area contributed by atoms with E-state index < -0.39 is 0 Å². The molecule has 0 radical (unpaired) electrons. The lowest BCUT2D eigenvalue weighted by Crippen LogP contribution is -2.38. The summed E-state index contributed by atoms with van der Waals surface area (Å²) in [4.78, 5) is 0. The Balaban J connectivity index is 2.59. The van der Waals surface area contributed by atoms with Gasteiger partial charge in [0.2, 0.25) is 0 Å². The summed E-state index contributed by atoms with van der Waals surface area (Å²) >= 11 is 0. The number of hydrogen-bond acceptors (Lipinski definition) is 3. The Bertz CT molecular complexity index is 112. The van der Waals surface area contributed by atoms with Crippen molar-refractivity contribution in [2.75, 3.05) is 7.05 Å². The third-order valence-corrected chi connectivity index (χ3v) is 1.02. The van der Waals surface area contributed by atoms with E-state index >= 15 is 0 Å². The lowest BCUT2D eigenvalue weighted by molar-refractivity contribution is 0.106. The van der Waals surface area contributed by atoms with Crippen molar-refractivity contribution in [3.8, 4) is 0 Å². The molecule has 2 N–H and O–H groups in total. The molecule has 0 bridgehead atoms. The van der Waals surface area contributed by atoms with Crippen LogP contribution in [0.1, 0.15) is 0 Å². The normalized spacial score (nSPS) is 17.8. The Morgan fingerprint density at radius 2 is 1.88 bits per heavy atom. The molecule has 0 atom stereocenters. The number of nitrogens with two attached hydrogens (primary N) is 1. The quantitative estimate of drug-likeness (QED) is 0.448. The number of rotatable bonds is 0. The minimum atomic E-state index is 1.50. The van der Waals surface area contributed by atoms with Crippen LogP contribution in [0.2, 0.25) is 0 Å². The largest absolute Gasteiger partial charge is 0.282 e. The highest BCUT2D eigenvalue weighted by molar-refractivity contribution is 5.04. The standard InChI is InChI=1S/C5H9N3/c1-7-4-2-3-5-8(7)6/h2-5H,6H2,1H3. The zero-order valence-corrected chi connectivity index (χ0v) is 4.78. The first-order valence-electron chi connectivity index (χ1n) is 2.42. The van der Waals surface area contributed by atoms with Gasteiger partial charge in [-0.3, -0.25) is 5.01 Å². The maximum absolute atomic E-state index is 5.40. The van der Waals surface area contributed by atoms with E-state index in [1.165, 1.54) is 5.12 Å². The van der Waals surface area contributed by atoms with E-state index in [9.17, 15) is 0 Å². The van der Waals surface area contributed by atoms with Gasteiger partial charge in [-0.15, -0.1) is 0 Å². The lowest BCUT2D eigenvalue weighted by Gasteiger charge is -2.25. The summed E-state index contributed by atoms with van der Waals surface area (Å²) in [6.07, 6.45) is 7.45. The molecule has 0 spiro atoms. The molecule has 0 aliphatic carbocycles. The van der Waals surface area contributed by atoms with E-state index in [1.807, 2.05) is 25.4 Å². The topological polar surface area (TPSA) is 32.5 Å². The minimum Gasteiger partial charge on any atom is -0.282 e. The molecule has 44 valence electrons. The Morgan fingerprint density at radius 3 is 2.25 bits per heavy atom. The van der Waals surface area contributed by atoms with Crippen LogP contribution < -0.4 is 5.84 Å². The highest BCUT2D eigenvalue weighted by Gasteiger charge is 1.95. The van der Waals surface area contributed by atoms with Gasteiger partial charge < -0.3 is 0 Å². The van der Waals surface area contributed by atoms with E-state index in [0.717, 1.165) is 0 Å². The van der Waals surface area contributed by atoms with Crippen molar-refractivity contribution in [2.24, 2.45) is 5.84 Å². The first-order valence-corrected chi connectivity index (χ1v) is 2.42. The summed E-state index contributed by atoms with van der Waals surface area (Å²) in [6, 6.07) is 0. The SMILES string of the molecule is CN1C=CC=CN1N.